The minimum absolute atomic E-state index is 0.177. The second-order valence-corrected chi connectivity index (χ2v) is 4.54. The molecule has 0 aromatic heterocycles. The van der Waals surface area contributed by atoms with Gasteiger partial charge in [-0.05, 0) is 26.3 Å². The highest BCUT2D eigenvalue weighted by Crippen LogP contribution is 2.08. The molecule has 0 radical (unpaired) electrons. The third-order valence-corrected chi connectivity index (χ3v) is 3.22. The lowest BCUT2D eigenvalue weighted by atomic mass is 10.1. The van der Waals surface area contributed by atoms with E-state index in [1.54, 1.807) is 0 Å². The Kier molecular flexibility index (Phi) is 6.42. The number of nitrogens with one attached hydrogen (secondary N) is 2. The van der Waals surface area contributed by atoms with Gasteiger partial charge in [0.15, 0.2) is 0 Å². The molecule has 0 spiro atoms. The lowest BCUT2D eigenvalue weighted by Crippen LogP contribution is -2.45. The van der Waals surface area contributed by atoms with Crippen LogP contribution in [0.15, 0.2) is 0 Å². The number of rotatable bonds is 6. The fourth-order valence-corrected chi connectivity index (χ4v) is 2.04. The van der Waals surface area contributed by atoms with Crippen molar-refractivity contribution in [2.45, 2.75) is 38.6 Å². The van der Waals surface area contributed by atoms with E-state index in [0.29, 0.717) is 12.6 Å². The van der Waals surface area contributed by atoms with Gasteiger partial charge in [-0.25, -0.2) is 0 Å². The van der Waals surface area contributed by atoms with Crippen molar-refractivity contribution in [3.8, 4) is 0 Å². The first-order chi connectivity index (χ1) is 7.76. The Labute approximate surface area is 98.8 Å². The van der Waals surface area contributed by atoms with E-state index >= 15 is 0 Å². The Bertz CT molecular complexity index is 200. The number of hydrogen-bond acceptors (Lipinski definition) is 3. The van der Waals surface area contributed by atoms with Gasteiger partial charge in [-0.3, -0.25) is 9.69 Å². The predicted octanol–water partition coefficient (Wildman–Crippen LogP) is 0.587. The van der Waals surface area contributed by atoms with E-state index in [0.717, 1.165) is 45.3 Å². The third-order valence-electron chi connectivity index (χ3n) is 3.22. The van der Waals surface area contributed by atoms with Crippen LogP contribution in [0.3, 0.4) is 0 Å². The molecule has 4 nitrogen and oxygen atoms in total. The van der Waals surface area contributed by atoms with Crippen molar-refractivity contribution in [3.63, 3.8) is 0 Å². The number of unbranched alkanes of at least 4 members (excludes halogenated alkanes) is 1. The van der Waals surface area contributed by atoms with Crippen LogP contribution in [0.2, 0.25) is 0 Å². The first-order valence-corrected chi connectivity index (χ1v) is 6.42. The maximum absolute atomic E-state index is 11.6. The van der Waals surface area contributed by atoms with Crippen molar-refractivity contribution in [2.75, 3.05) is 33.2 Å². The molecule has 0 saturated carbocycles. The van der Waals surface area contributed by atoms with Gasteiger partial charge in [-0.1, -0.05) is 13.3 Å². The molecule has 1 aliphatic rings. The van der Waals surface area contributed by atoms with Gasteiger partial charge in [0.25, 0.3) is 0 Å². The van der Waals surface area contributed by atoms with Crippen molar-refractivity contribution in [3.05, 3.63) is 0 Å². The molecule has 1 aliphatic heterocycles. The molecule has 0 aromatic carbocycles. The molecule has 0 aliphatic carbocycles. The number of piperidine rings is 1. The van der Waals surface area contributed by atoms with E-state index in [9.17, 15) is 4.79 Å². The first-order valence-electron chi connectivity index (χ1n) is 6.42. The fraction of sp³-hybridized carbons (Fsp3) is 0.917. The molecule has 94 valence electrons. The van der Waals surface area contributed by atoms with Crippen LogP contribution in [0.1, 0.15) is 32.6 Å². The summed E-state index contributed by atoms with van der Waals surface area (Å²) < 4.78 is 0. The van der Waals surface area contributed by atoms with E-state index in [1.165, 1.54) is 0 Å². The summed E-state index contributed by atoms with van der Waals surface area (Å²) in [7, 11) is 2.01. The van der Waals surface area contributed by atoms with Gasteiger partial charge in [-0.2, -0.15) is 0 Å². The SMILES string of the molecule is CCCCNC(=O)CN1CCC(NC)CC1. The Hall–Kier alpha value is -0.610. The monoisotopic (exact) mass is 227 g/mol. The quantitative estimate of drug-likeness (QED) is 0.653. The van der Waals surface area contributed by atoms with Crippen LogP contribution >= 0.6 is 0 Å². The third kappa shape index (κ3) is 4.94. The van der Waals surface area contributed by atoms with E-state index < -0.39 is 0 Å². The number of amides is 1. The summed E-state index contributed by atoms with van der Waals surface area (Å²) in [4.78, 5) is 13.8. The maximum Gasteiger partial charge on any atom is 0.234 e. The molecule has 1 heterocycles. The standard InChI is InChI=1S/C12H25N3O/c1-3-4-7-14-12(16)10-15-8-5-11(13-2)6-9-15/h11,13H,3-10H2,1-2H3,(H,14,16). The van der Waals surface area contributed by atoms with Crippen molar-refractivity contribution < 1.29 is 4.79 Å². The molecule has 2 N–H and O–H groups in total. The lowest BCUT2D eigenvalue weighted by molar-refractivity contribution is -0.122. The van der Waals surface area contributed by atoms with Gasteiger partial charge < -0.3 is 10.6 Å². The van der Waals surface area contributed by atoms with Gasteiger partial charge >= 0.3 is 0 Å². The van der Waals surface area contributed by atoms with Gasteiger partial charge in [-0.15, -0.1) is 0 Å². The summed E-state index contributed by atoms with van der Waals surface area (Å²) in [6.07, 6.45) is 4.51. The summed E-state index contributed by atoms with van der Waals surface area (Å²) in [5, 5.41) is 6.25. The van der Waals surface area contributed by atoms with Gasteiger partial charge in [0.2, 0.25) is 5.91 Å². The zero-order chi connectivity index (χ0) is 11.8. The second-order valence-electron chi connectivity index (χ2n) is 4.54. The second kappa shape index (κ2) is 7.63. The summed E-state index contributed by atoms with van der Waals surface area (Å²) in [6, 6.07) is 0.638. The predicted molar refractivity (Wildman–Crippen MR) is 66.4 cm³/mol. The molecule has 0 aromatic rings. The molecule has 16 heavy (non-hydrogen) atoms. The molecular formula is C12H25N3O. The molecule has 0 unspecified atom stereocenters. The van der Waals surface area contributed by atoms with Crippen molar-refractivity contribution >= 4 is 5.91 Å². The van der Waals surface area contributed by atoms with E-state index in [1.807, 2.05) is 7.05 Å². The smallest absolute Gasteiger partial charge is 0.234 e. The largest absolute Gasteiger partial charge is 0.355 e. The van der Waals surface area contributed by atoms with Crippen LogP contribution in [0.25, 0.3) is 0 Å². The van der Waals surface area contributed by atoms with Gasteiger partial charge in [0.05, 0.1) is 6.54 Å². The Morgan fingerprint density at radius 3 is 2.62 bits per heavy atom. The van der Waals surface area contributed by atoms with Crippen LogP contribution in [0.4, 0.5) is 0 Å². The zero-order valence-electron chi connectivity index (χ0n) is 10.6. The normalized spacial score (nSPS) is 18.6. The Balaban J connectivity index is 2.10. The zero-order valence-corrected chi connectivity index (χ0v) is 10.6. The van der Waals surface area contributed by atoms with Crippen LogP contribution in [0.5, 0.6) is 0 Å². The molecular weight excluding hydrogens is 202 g/mol. The summed E-state index contributed by atoms with van der Waals surface area (Å²) in [5.74, 6) is 0.177. The molecule has 0 bridgehead atoms. The van der Waals surface area contributed by atoms with E-state index in [4.69, 9.17) is 0 Å². The highest BCUT2D eigenvalue weighted by atomic mass is 16.2. The van der Waals surface area contributed by atoms with Crippen molar-refractivity contribution in [1.82, 2.24) is 15.5 Å². The maximum atomic E-state index is 11.6. The number of nitrogens with zero attached hydrogens (tertiary/aromatic N) is 1. The minimum Gasteiger partial charge on any atom is -0.355 e. The van der Waals surface area contributed by atoms with E-state index in [-0.39, 0.29) is 5.91 Å². The van der Waals surface area contributed by atoms with Crippen LogP contribution in [-0.2, 0) is 4.79 Å². The average molecular weight is 227 g/mol. The van der Waals surface area contributed by atoms with E-state index in [2.05, 4.69) is 22.5 Å². The number of hydrogen-bond donors (Lipinski definition) is 2. The summed E-state index contributed by atoms with van der Waals surface area (Å²) >= 11 is 0. The Morgan fingerprint density at radius 2 is 2.06 bits per heavy atom. The molecule has 1 saturated heterocycles. The van der Waals surface area contributed by atoms with Crippen molar-refractivity contribution in [1.29, 1.82) is 0 Å². The van der Waals surface area contributed by atoms with Crippen molar-refractivity contribution in [2.24, 2.45) is 0 Å². The van der Waals surface area contributed by atoms with Gasteiger partial charge in [0, 0.05) is 25.7 Å². The van der Waals surface area contributed by atoms with Crippen LogP contribution in [0, 0.1) is 0 Å². The van der Waals surface area contributed by atoms with Crippen LogP contribution < -0.4 is 10.6 Å². The highest BCUT2D eigenvalue weighted by molar-refractivity contribution is 5.77. The topological polar surface area (TPSA) is 44.4 Å². The first kappa shape index (κ1) is 13.5. The minimum atomic E-state index is 0.177. The van der Waals surface area contributed by atoms with Crippen LogP contribution in [-0.4, -0.2) is 50.1 Å². The number of carbonyl (C=O) groups excluding carboxylic acids is 1. The highest BCUT2D eigenvalue weighted by Gasteiger charge is 2.19. The van der Waals surface area contributed by atoms with Gasteiger partial charge in [0.1, 0.15) is 0 Å². The Morgan fingerprint density at radius 1 is 1.38 bits per heavy atom. The molecule has 4 heteroatoms. The lowest BCUT2D eigenvalue weighted by Gasteiger charge is -2.31. The molecule has 1 amide bonds. The average Bonchev–Trinajstić information content (AvgIpc) is 2.30. The number of carbonyl (C=O) groups is 1. The fourth-order valence-electron chi connectivity index (χ4n) is 2.04. The summed E-state index contributed by atoms with van der Waals surface area (Å²) in [5.41, 5.74) is 0. The summed E-state index contributed by atoms with van der Waals surface area (Å²) in [6.45, 7) is 5.59. The number of likely N-dealkylation sites (tertiary alicyclic amines) is 1. The molecule has 1 rings (SSSR count). The molecule has 1 fully saturated rings. The molecule has 0 atom stereocenters.